The molecule has 2 aromatic carbocycles. The van der Waals surface area contributed by atoms with Crippen LogP contribution in [-0.4, -0.2) is 59.9 Å². The number of rotatable bonds is 8. The van der Waals surface area contributed by atoms with Crippen molar-refractivity contribution in [2.24, 2.45) is 10.3 Å². The summed E-state index contributed by atoms with van der Waals surface area (Å²) in [5.41, 5.74) is 1.11. The number of hydrogen-bond acceptors (Lipinski definition) is 11. The Hall–Kier alpha value is -4.48. The van der Waals surface area contributed by atoms with E-state index >= 15 is 0 Å². The number of aromatic nitrogens is 2. The molecular formula is C23H22N6O6. The zero-order chi connectivity index (χ0) is 24.5. The molecule has 12 heteroatoms. The van der Waals surface area contributed by atoms with Gasteiger partial charge in [0.15, 0.2) is 23.6 Å². The van der Waals surface area contributed by atoms with Crippen LogP contribution in [0.1, 0.15) is 12.8 Å². The molecule has 1 saturated heterocycles. The standard InChI is InChI=1S/C23H22N6O6/c1-4-34-16-10-5-13(11-17(16)33-3)21-24-18(35-26-21)12-28-20-19(25-27-28)22(30)29(23(20)31)14-6-8-15(32-2)9-7-14/h5-11,19-20H,4,12H2,1-3H3/t19-,20-/m1/s1. The van der Waals surface area contributed by atoms with Gasteiger partial charge in [0, 0.05) is 5.56 Å². The van der Waals surface area contributed by atoms with Gasteiger partial charge in [0.1, 0.15) is 12.3 Å². The fourth-order valence-corrected chi connectivity index (χ4v) is 4.00. The molecule has 180 valence electrons. The first-order valence-corrected chi connectivity index (χ1v) is 10.9. The van der Waals surface area contributed by atoms with E-state index in [-0.39, 0.29) is 12.4 Å². The van der Waals surface area contributed by atoms with Gasteiger partial charge in [0.2, 0.25) is 11.7 Å². The lowest BCUT2D eigenvalue weighted by atomic mass is 10.1. The number of methoxy groups -OCH3 is 2. The molecule has 0 aliphatic carbocycles. The fraction of sp³-hybridized carbons (Fsp3) is 0.304. The van der Waals surface area contributed by atoms with Crippen LogP contribution in [0.25, 0.3) is 11.4 Å². The van der Waals surface area contributed by atoms with Crippen LogP contribution in [0.2, 0.25) is 0 Å². The summed E-state index contributed by atoms with van der Waals surface area (Å²) < 4.78 is 21.4. The van der Waals surface area contributed by atoms with Crippen molar-refractivity contribution >= 4 is 17.5 Å². The van der Waals surface area contributed by atoms with Crippen LogP contribution in [0, 0.1) is 0 Å². The molecule has 0 spiro atoms. The maximum absolute atomic E-state index is 13.2. The van der Waals surface area contributed by atoms with Crippen LogP contribution in [0.5, 0.6) is 17.2 Å². The average Bonchev–Trinajstić information content (AvgIpc) is 3.58. The van der Waals surface area contributed by atoms with Gasteiger partial charge in [0.25, 0.3) is 11.8 Å². The summed E-state index contributed by atoms with van der Waals surface area (Å²) in [7, 11) is 3.09. The van der Waals surface area contributed by atoms with Gasteiger partial charge in [-0.2, -0.15) is 10.1 Å². The van der Waals surface area contributed by atoms with Crippen molar-refractivity contribution in [1.29, 1.82) is 0 Å². The van der Waals surface area contributed by atoms with E-state index in [0.717, 1.165) is 4.90 Å². The molecule has 12 nitrogen and oxygen atoms in total. The van der Waals surface area contributed by atoms with Crippen LogP contribution in [0.3, 0.4) is 0 Å². The van der Waals surface area contributed by atoms with Crippen LogP contribution >= 0.6 is 0 Å². The molecule has 3 heterocycles. The summed E-state index contributed by atoms with van der Waals surface area (Å²) >= 11 is 0. The largest absolute Gasteiger partial charge is 0.497 e. The molecule has 2 aliphatic rings. The molecule has 0 unspecified atom stereocenters. The van der Waals surface area contributed by atoms with Crippen LogP contribution in [0.4, 0.5) is 5.69 Å². The molecular weight excluding hydrogens is 456 g/mol. The lowest BCUT2D eigenvalue weighted by Gasteiger charge is -2.19. The normalized spacial score (nSPS) is 18.8. The first-order chi connectivity index (χ1) is 17.0. The van der Waals surface area contributed by atoms with E-state index in [1.807, 2.05) is 6.92 Å². The highest BCUT2D eigenvalue weighted by Crippen LogP contribution is 2.34. The van der Waals surface area contributed by atoms with Gasteiger partial charge >= 0.3 is 0 Å². The SMILES string of the molecule is CCOc1ccc(-c2noc(CN3N=N[C@H]4C(=O)N(c5ccc(OC)cc5)C(=O)[C@@H]43)n2)cc1OC. The van der Waals surface area contributed by atoms with E-state index in [1.54, 1.807) is 56.7 Å². The summed E-state index contributed by atoms with van der Waals surface area (Å²) in [4.78, 5) is 31.6. The maximum atomic E-state index is 13.2. The quantitative estimate of drug-likeness (QED) is 0.448. The molecule has 0 radical (unpaired) electrons. The number of ether oxygens (including phenoxy) is 3. The van der Waals surface area contributed by atoms with Crippen molar-refractivity contribution in [1.82, 2.24) is 15.1 Å². The van der Waals surface area contributed by atoms with Crippen molar-refractivity contribution in [3.8, 4) is 28.6 Å². The Morgan fingerprint density at radius 3 is 2.51 bits per heavy atom. The Morgan fingerprint density at radius 2 is 1.80 bits per heavy atom. The summed E-state index contributed by atoms with van der Waals surface area (Å²) in [6, 6.07) is 10.1. The van der Waals surface area contributed by atoms with Crippen molar-refractivity contribution in [3.63, 3.8) is 0 Å². The van der Waals surface area contributed by atoms with E-state index in [4.69, 9.17) is 18.7 Å². The summed E-state index contributed by atoms with van der Waals surface area (Å²) in [5, 5.41) is 13.5. The number of benzene rings is 2. The van der Waals surface area contributed by atoms with E-state index in [2.05, 4.69) is 20.5 Å². The first kappa shape index (κ1) is 22.3. The number of nitrogens with zero attached hydrogens (tertiary/aromatic N) is 6. The Kier molecular flexibility index (Phi) is 5.77. The molecule has 0 bridgehead atoms. The van der Waals surface area contributed by atoms with Gasteiger partial charge in [-0.3, -0.25) is 14.6 Å². The third-order valence-electron chi connectivity index (χ3n) is 5.68. The third-order valence-corrected chi connectivity index (χ3v) is 5.68. The number of amides is 2. The minimum absolute atomic E-state index is 0.0152. The second kappa shape index (κ2) is 9.05. The molecule has 1 aromatic heterocycles. The number of anilines is 1. The van der Waals surface area contributed by atoms with E-state index < -0.39 is 23.9 Å². The number of carbonyl (C=O) groups excluding carboxylic acids is 2. The maximum Gasteiger partial charge on any atom is 0.263 e. The van der Waals surface area contributed by atoms with Gasteiger partial charge in [-0.1, -0.05) is 10.4 Å². The lowest BCUT2D eigenvalue weighted by Crippen LogP contribution is -2.39. The smallest absolute Gasteiger partial charge is 0.263 e. The predicted octanol–water partition coefficient (Wildman–Crippen LogP) is 2.65. The second-order valence-corrected chi connectivity index (χ2v) is 7.71. The topological polar surface area (TPSA) is 132 Å². The van der Waals surface area contributed by atoms with Crippen molar-refractivity contribution in [3.05, 3.63) is 48.4 Å². The third kappa shape index (κ3) is 3.92. The summed E-state index contributed by atoms with van der Waals surface area (Å²) in [6.07, 6.45) is 0. The Labute approximate surface area is 200 Å². The summed E-state index contributed by atoms with van der Waals surface area (Å²) in [6.45, 7) is 2.41. The van der Waals surface area contributed by atoms with Crippen molar-refractivity contribution < 1.29 is 28.3 Å². The fourth-order valence-electron chi connectivity index (χ4n) is 4.00. The molecule has 3 aromatic rings. The number of fused-ring (bicyclic) bond motifs is 1. The first-order valence-electron chi connectivity index (χ1n) is 10.9. The van der Waals surface area contributed by atoms with E-state index in [0.29, 0.717) is 40.9 Å². The van der Waals surface area contributed by atoms with Gasteiger partial charge in [-0.05, 0) is 49.4 Å². The van der Waals surface area contributed by atoms with E-state index in [1.165, 1.54) is 5.01 Å². The van der Waals surface area contributed by atoms with Gasteiger partial charge in [-0.25, -0.2) is 4.90 Å². The Morgan fingerprint density at radius 1 is 1.00 bits per heavy atom. The van der Waals surface area contributed by atoms with Crippen molar-refractivity contribution in [2.75, 3.05) is 25.7 Å². The molecule has 2 amide bonds. The molecule has 35 heavy (non-hydrogen) atoms. The molecule has 0 N–H and O–H groups in total. The summed E-state index contributed by atoms with van der Waals surface area (Å²) in [5.74, 6) is 1.46. The zero-order valence-corrected chi connectivity index (χ0v) is 19.2. The number of hydrogen-bond donors (Lipinski definition) is 0. The highest BCUT2D eigenvalue weighted by Gasteiger charge is 2.55. The second-order valence-electron chi connectivity index (χ2n) is 7.71. The van der Waals surface area contributed by atoms with Crippen LogP contribution in [-0.2, 0) is 16.1 Å². The van der Waals surface area contributed by atoms with Gasteiger partial charge in [-0.15, -0.1) is 0 Å². The molecule has 1 fully saturated rings. The Balaban J connectivity index is 1.33. The minimum Gasteiger partial charge on any atom is -0.497 e. The number of imide groups is 1. The average molecular weight is 478 g/mol. The zero-order valence-electron chi connectivity index (χ0n) is 19.2. The monoisotopic (exact) mass is 478 g/mol. The molecule has 2 atom stereocenters. The Bertz CT molecular complexity index is 1290. The van der Waals surface area contributed by atoms with Crippen LogP contribution in [0.15, 0.2) is 57.3 Å². The highest BCUT2D eigenvalue weighted by atomic mass is 16.5. The molecule has 5 rings (SSSR count). The van der Waals surface area contributed by atoms with E-state index in [9.17, 15) is 9.59 Å². The molecule has 0 saturated carbocycles. The predicted molar refractivity (Wildman–Crippen MR) is 121 cm³/mol. The van der Waals surface area contributed by atoms with Crippen LogP contribution < -0.4 is 19.1 Å². The van der Waals surface area contributed by atoms with Gasteiger partial charge in [0.05, 0.1) is 26.5 Å². The number of carbonyl (C=O) groups is 2. The minimum atomic E-state index is -0.928. The molecule has 2 aliphatic heterocycles. The van der Waals surface area contributed by atoms with Gasteiger partial charge < -0.3 is 18.7 Å². The van der Waals surface area contributed by atoms with Crippen molar-refractivity contribution in [2.45, 2.75) is 25.6 Å². The highest BCUT2D eigenvalue weighted by molar-refractivity contribution is 6.25. The lowest BCUT2D eigenvalue weighted by molar-refractivity contribution is -0.123.